The van der Waals surface area contributed by atoms with E-state index < -0.39 is 5.91 Å². The summed E-state index contributed by atoms with van der Waals surface area (Å²) in [5.74, 6) is 0.110. The van der Waals surface area contributed by atoms with E-state index in [1.165, 1.54) is 12.8 Å². The van der Waals surface area contributed by atoms with Crippen molar-refractivity contribution in [1.29, 1.82) is 0 Å². The van der Waals surface area contributed by atoms with Crippen molar-refractivity contribution in [2.75, 3.05) is 17.2 Å². The zero-order valence-corrected chi connectivity index (χ0v) is 11.0. The molecule has 4 N–H and O–H groups in total. The van der Waals surface area contributed by atoms with E-state index in [4.69, 9.17) is 11.5 Å². The summed E-state index contributed by atoms with van der Waals surface area (Å²) in [5.41, 5.74) is 13.3. The van der Waals surface area contributed by atoms with E-state index in [-0.39, 0.29) is 0 Å². The van der Waals surface area contributed by atoms with Gasteiger partial charge in [0.2, 0.25) is 0 Å². The Labute approximate surface area is 108 Å². The Morgan fingerprint density at radius 1 is 1.44 bits per heavy atom. The number of primary amides is 1. The van der Waals surface area contributed by atoms with Crippen LogP contribution in [-0.4, -0.2) is 18.5 Å². The number of carbonyl (C=O) groups excluding carboxylic acids is 1. The third-order valence-electron chi connectivity index (χ3n) is 3.73. The third-order valence-corrected chi connectivity index (χ3v) is 3.73. The lowest BCUT2D eigenvalue weighted by Gasteiger charge is -2.31. The van der Waals surface area contributed by atoms with Crippen LogP contribution in [0.1, 0.15) is 37.0 Å². The van der Waals surface area contributed by atoms with Crippen molar-refractivity contribution in [3.05, 3.63) is 23.8 Å². The summed E-state index contributed by atoms with van der Waals surface area (Å²) in [6.45, 7) is 5.43. The average molecular weight is 247 g/mol. The van der Waals surface area contributed by atoms with Crippen molar-refractivity contribution < 1.29 is 4.79 Å². The summed E-state index contributed by atoms with van der Waals surface area (Å²) >= 11 is 0. The number of rotatable bonds is 3. The van der Waals surface area contributed by atoms with E-state index in [2.05, 4.69) is 18.7 Å². The quantitative estimate of drug-likeness (QED) is 0.802. The van der Waals surface area contributed by atoms with E-state index in [0.717, 1.165) is 12.2 Å². The molecule has 1 fully saturated rings. The maximum atomic E-state index is 11.3. The normalized spacial score (nSPS) is 19.5. The van der Waals surface area contributed by atoms with Gasteiger partial charge in [0.25, 0.3) is 5.91 Å². The monoisotopic (exact) mass is 247 g/mol. The van der Waals surface area contributed by atoms with Crippen molar-refractivity contribution in [1.82, 2.24) is 0 Å². The van der Waals surface area contributed by atoms with Gasteiger partial charge in [-0.1, -0.05) is 19.9 Å². The maximum absolute atomic E-state index is 11.3. The van der Waals surface area contributed by atoms with Crippen molar-refractivity contribution in [2.24, 2.45) is 11.7 Å². The first-order valence-electron chi connectivity index (χ1n) is 6.47. The van der Waals surface area contributed by atoms with Crippen LogP contribution in [-0.2, 0) is 0 Å². The zero-order chi connectivity index (χ0) is 13.3. The first-order valence-corrected chi connectivity index (χ1v) is 6.47. The summed E-state index contributed by atoms with van der Waals surface area (Å²) in [6, 6.07) is 6.00. The first-order chi connectivity index (χ1) is 8.52. The summed E-state index contributed by atoms with van der Waals surface area (Å²) in [4.78, 5) is 13.6. The molecule has 1 amide bonds. The summed E-state index contributed by atoms with van der Waals surface area (Å²) in [7, 11) is 0. The topological polar surface area (TPSA) is 72.3 Å². The molecule has 18 heavy (non-hydrogen) atoms. The minimum absolute atomic E-state index is 0.418. The molecule has 2 rings (SSSR count). The van der Waals surface area contributed by atoms with Gasteiger partial charge in [0, 0.05) is 12.6 Å². The molecule has 0 bridgehead atoms. The number of hydrogen-bond acceptors (Lipinski definition) is 3. The number of para-hydroxylation sites is 1. The Morgan fingerprint density at radius 2 is 2.17 bits per heavy atom. The first kappa shape index (κ1) is 12.7. The van der Waals surface area contributed by atoms with Crippen LogP contribution in [0.3, 0.4) is 0 Å². The molecule has 98 valence electrons. The Kier molecular flexibility index (Phi) is 3.45. The SMILES string of the molecule is CC(C)C1CCCN1c1cccc(C(N)=O)c1N. The highest BCUT2D eigenvalue weighted by Gasteiger charge is 2.29. The molecule has 0 spiro atoms. The summed E-state index contributed by atoms with van der Waals surface area (Å²) < 4.78 is 0. The molecule has 1 heterocycles. The fourth-order valence-corrected chi connectivity index (χ4v) is 2.80. The molecule has 4 nitrogen and oxygen atoms in total. The number of amides is 1. The van der Waals surface area contributed by atoms with Crippen LogP contribution in [0.2, 0.25) is 0 Å². The van der Waals surface area contributed by atoms with E-state index in [0.29, 0.717) is 23.2 Å². The van der Waals surface area contributed by atoms with Crippen LogP contribution >= 0.6 is 0 Å². The largest absolute Gasteiger partial charge is 0.396 e. The van der Waals surface area contributed by atoms with Crippen LogP contribution < -0.4 is 16.4 Å². The van der Waals surface area contributed by atoms with Crippen LogP contribution in [0, 0.1) is 5.92 Å². The molecule has 4 heteroatoms. The highest BCUT2D eigenvalue weighted by Crippen LogP contribution is 2.34. The molecule has 0 saturated carbocycles. The number of hydrogen-bond donors (Lipinski definition) is 2. The van der Waals surface area contributed by atoms with Gasteiger partial charge in [-0.15, -0.1) is 0 Å². The summed E-state index contributed by atoms with van der Waals surface area (Å²) in [5, 5.41) is 0. The Balaban J connectivity index is 2.39. The fraction of sp³-hybridized carbons (Fsp3) is 0.500. The molecule has 1 aliphatic heterocycles. The Morgan fingerprint density at radius 3 is 2.78 bits per heavy atom. The van der Waals surface area contributed by atoms with Gasteiger partial charge in [-0.2, -0.15) is 0 Å². The highest BCUT2D eigenvalue weighted by molar-refractivity contribution is 6.00. The molecule has 0 aromatic heterocycles. The van der Waals surface area contributed by atoms with Crippen molar-refractivity contribution >= 4 is 17.3 Å². The lowest BCUT2D eigenvalue weighted by atomic mass is 10.0. The lowest BCUT2D eigenvalue weighted by Crippen LogP contribution is -2.34. The zero-order valence-electron chi connectivity index (χ0n) is 11.0. The van der Waals surface area contributed by atoms with Crippen LogP contribution in [0.4, 0.5) is 11.4 Å². The van der Waals surface area contributed by atoms with Crippen molar-refractivity contribution in [3.63, 3.8) is 0 Å². The van der Waals surface area contributed by atoms with Gasteiger partial charge in [-0.25, -0.2) is 0 Å². The third kappa shape index (κ3) is 2.15. The van der Waals surface area contributed by atoms with Gasteiger partial charge in [-0.3, -0.25) is 4.79 Å². The van der Waals surface area contributed by atoms with Crippen molar-refractivity contribution in [2.45, 2.75) is 32.7 Å². The number of nitrogen functional groups attached to an aromatic ring is 1. The van der Waals surface area contributed by atoms with Gasteiger partial charge in [-0.05, 0) is 30.9 Å². The number of nitrogens with zero attached hydrogens (tertiary/aromatic N) is 1. The second kappa shape index (κ2) is 4.88. The van der Waals surface area contributed by atoms with Gasteiger partial charge in [0.05, 0.1) is 16.9 Å². The molecule has 1 unspecified atom stereocenters. The minimum atomic E-state index is -0.463. The lowest BCUT2D eigenvalue weighted by molar-refractivity contribution is 0.100. The van der Waals surface area contributed by atoms with E-state index in [1.54, 1.807) is 6.07 Å². The molecular formula is C14H21N3O. The van der Waals surface area contributed by atoms with E-state index >= 15 is 0 Å². The minimum Gasteiger partial charge on any atom is -0.396 e. The molecule has 0 radical (unpaired) electrons. The molecule has 1 aliphatic rings. The van der Waals surface area contributed by atoms with Crippen LogP contribution in [0.5, 0.6) is 0 Å². The van der Waals surface area contributed by atoms with Crippen LogP contribution in [0.25, 0.3) is 0 Å². The molecule has 1 aromatic carbocycles. The second-order valence-corrected chi connectivity index (χ2v) is 5.25. The molecular weight excluding hydrogens is 226 g/mol. The Hall–Kier alpha value is -1.71. The second-order valence-electron chi connectivity index (χ2n) is 5.25. The van der Waals surface area contributed by atoms with E-state index in [1.807, 2.05) is 12.1 Å². The van der Waals surface area contributed by atoms with E-state index in [9.17, 15) is 4.79 Å². The number of carbonyl (C=O) groups is 1. The van der Waals surface area contributed by atoms with Gasteiger partial charge in [0.15, 0.2) is 0 Å². The summed E-state index contributed by atoms with van der Waals surface area (Å²) in [6.07, 6.45) is 2.35. The molecule has 1 saturated heterocycles. The van der Waals surface area contributed by atoms with Gasteiger partial charge < -0.3 is 16.4 Å². The molecule has 0 aliphatic carbocycles. The number of nitrogens with two attached hydrogens (primary N) is 2. The molecule has 1 aromatic rings. The number of anilines is 2. The fourth-order valence-electron chi connectivity index (χ4n) is 2.80. The standard InChI is InChI=1S/C14H21N3O/c1-9(2)11-7-4-8-17(11)12-6-3-5-10(13(12)15)14(16)18/h3,5-6,9,11H,4,7-8,15H2,1-2H3,(H2,16,18). The van der Waals surface area contributed by atoms with Gasteiger partial charge in [0.1, 0.15) is 0 Å². The predicted molar refractivity (Wildman–Crippen MR) is 74.6 cm³/mol. The predicted octanol–water partition coefficient (Wildman–Crippen LogP) is 1.99. The van der Waals surface area contributed by atoms with Crippen molar-refractivity contribution in [3.8, 4) is 0 Å². The van der Waals surface area contributed by atoms with Crippen LogP contribution in [0.15, 0.2) is 18.2 Å². The number of benzene rings is 1. The maximum Gasteiger partial charge on any atom is 0.250 e. The van der Waals surface area contributed by atoms with Gasteiger partial charge >= 0.3 is 0 Å². The smallest absolute Gasteiger partial charge is 0.250 e. The Bertz CT molecular complexity index is 456. The molecule has 1 atom stereocenters. The highest BCUT2D eigenvalue weighted by atomic mass is 16.1. The average Bonchev–Trinajstić information content (AvgIpc) is 2.77.